The van der Waals surface area contributed by atoms with Gasteiger partial charge in [0.05, 0.1) is 11.8 Å². The van der Waals surface area contributed by atoms with Crippen LogP contribution in [0.4, 0.5) is 0 Å². The lowest BCUT2D eigenvalue weighted by atomic mass is 9.83. The minimum absolute atomic E-state index is 0.0968. The van der Waals surface area contributed by atoms with Crippen LogP contribution in [-0.2, 0) is 16.0 Å². The molecule has 0 saturated carbocycles. The summed E-state index contributed by atoms with van der Waals surface area (Å²) in [5, 5.41) is 8.97. The summed E-state index contributed by atoms with van der Waals surface area (Å²) < 4.78 is 0. The molecule has 21 heavy (non-hydrogen) atoms. The van der Waals surface area contributed by atoms with Gasteiger partial charge in [0.2, 0.25) is 5.91 Å². The predicted molar refractivity (Wildman–Crippen MR) is 79.7 cm³/mol. The molecular formula is C16H22N2O3. The number of carboxylic acids is 1. The maximum Gasteiger partial charge on any atom is 0.304 e. The van der Waals surface area contributed by atoms with Crippen molar-refractivity contribution in [1.82, 2.24) is 4.90 Å². The molecule has 1 aliphatic heterocycles. The van der Waals surface area contributed by atoms with Crippen LogP contribution >= 0.6 is 0 Å². The molecule has 3 N–H and O–H groups in total. The highest BCUT2D eigenvalue weighted by Gasteiger charge is 2.46. The van der Waals surface area contributed by atoms with Crippen LogP contribution in [-0.4, -0.2) is 41.5 Å². The van der Waals surface area contributed by atoms with Gasteiger partial charge < -0.3 is 15.7 Å². The van der Waals surface area contributed by atoms with Gasteiger partial charge in [-0.15, -0.1) is 0 Å². The lowest BCUT2D eigenvalue weighted by Crippen LogP contribution is -2.41. The molecule has 1 aromatic carbocycles. The Morgan fingerprint density at radius 3 is 2.67 bits per heavy atom. The summed E-state index contributed by atoms with van der Waals surface area (Å²) in [4.78, 5) is 25.1. The Labute approximate surface area is 124 Å². The van der Waals surface area contributed by atoms with Crippen molar-refractivity contribution in [2.45, 2.75) is 25.7 Å². The monoisotopic (exact) mass is 290 g/mol. The highest BCUT2D eigenvalue weighted by atomic mass is 16.4. The van der Waals surface area contributed by atoms with Gasteiger partial charge in [0.15, 0.2) is 0 Å². The van der Waals surface area contributed by atoms with E-state index in [2.05, 4.69) is 12.1 Å². The topological polar surface area (TPSA) is 83.6 Å². The Morgan fingerprint density at radius 2 is 2.05 bits per heavy atom. The Kier molecular flexibility index (Phi) is 4.96. The number of aliphatic carboxylic acids is 1. The number of benzene rings is 1. The zero-order valence-electron chi connectivity index (χ0n) is 12.1. The minimum atomic E-state index is -0.958. The third-order valence-electron chi connectivity index (χ3n) is 4.22. The highest BCUT2D eigenvalue weighted by Crippen LogP contribution is 2.34. The summed E-state index contributed by atoms with van der Waals surface area (Å²) in [5.41, 5.74) is 6.04. The van der Waals surface area contributed by atoms with Crippen LogP contribution in [0.3, 0.4) is 0 Å². The molecular weight excluding hydrogens is 268 g/mol. The Morgan fingerprint density at radius 1 is 1.33 bits per heavy atom. The van der Waals surface area contributed by atoms with Gasteiger partial charge in [-0.2, -0.15) is 0 Å². The molecule has 2 rings (SSSR count). The third kappa shape index (κ3) is 3.61. The molecule has 1 unspecified atom stereocenters. The highest BCUT2D eigenvalue weighted by molar-refractivity contribution is 5.89. The van der Waals surface area contributed by atoms with Gasteiger partial charge in [0.25, 0.3) is 0 Å². The van der Waals surface area contributed by atoms with E-state index in [9.17, 15) is 9.59 Å². The minimum Gasteiger partial charge on any atom is -0.481 e. The molecule has 114 valence electrons. The summed E-state index contributed by atoms with van der Waals surface area (Å²) in [6.07, 6.45) is 2.17. The van der Waals surface area contributed by atoms with Crippen LogP contribution in [0.25, 0.3) is 0 Å². The average molecular weight is 290 g/mol. The van der Waals surface area contributed by atoms with Gasteiger partial charge in [-0.1, -0.05) is 30.3 Å². The lowest BCUT2D eigenvalue weighted by molar-refractivity contribution is -0.146. The quantitative estimate of drug-likeness (QED) is 0.792. The van der Waals surface area contributed by atoms with Gasteiger partial charge in [-0.25, -0.2) is 0 Å². The summed E-state index contributed by atoms with van der Waals surface area (Å²) in [6, 6.07) is 10.1. The maximum atomic E-state index is 12.4. The van der Waals surface area contributed by atoms with E-state index in [0.29, 0.717) is 19.5 Å². The first-order valence-electron chi connectivity index (χ1n) is 7.32. The van der Waals surface area contributed by atoms with Crippen LogP contribution in [0, 0.1) is 5.41 Å². The van der Waals surface area contributed by atoms with E-state index in [-0.39, 0.29) is 18.9 Å². The molecule has 0 bridgehead atoms. The van der Waals surface area contributed by atoms with Crippen molar-refractivity contribution in [3.8, 4) is 0 Å². The zero-order valence-corrected chi connectivity index (χ0v) is 12.1. The van der Waals surface area contributed by atoms with Crippen LogP contribution < -0.4 is 5.73 Å². The van der Waals surface area contributed by atoms with E-state index in [4.69, 9.17) is 10.8 Å². The SMILES string of the molecule is NCC1(CC(=O)O)CCN(CCCc2ccccc2)C1=O. The number of likely N-dealkylation sites (tertiary alicyclic amines) is 1. The fraction of sp³-hybridized carbons (Fsp3) is 0.500. The molecule has 1 atom stereocenters. The smallest absolute Gasteiger partial charge is 0.304 e. The normalized spacial score (nSPS) is 21.8. The van der Waals surface area contributed by atoms with Crippen LogP contribution in [0.15, 0.2) is 30.3 Å². The summed E-state index contributed by atoms with van der Waals surface area (Å²) in [5.74, 6) is -1.06. The Balaban J connectivity index is 1.88. The van der Waals surface area contributed by atoms with Gasteiger partial charge in [0, 0.05) is 19.6 Å². The van der Waals surface area contributed by atoms with E-state index in [0.717, 1.165) is 12.8 Å². The van der Waals surface area contributed by atoms with Gasteiger partial charge in [0.1, 0.15) is 0 Å². The Bertz CT molecular complexity index is 504. The number of amides is 1. The van der Waals surface area contributed by atoms with E-state index in [1.807, 2.05) is 18.2 Å². The van der Waals surface area contributed by atoms with Crippen molar-refractivity contribution in [1.29, 1.82) is 0 Å². The van der Waals surface area contributed by atoms with Crippen molar-refractivity contribution in [3.63, 3.8) is 0 Å². The number of hydrogen-bond acceptors (Lipinski definition) is 3. The molecule has 0 aliphatic carbocycles. The second kappa shape index (κ2) is 6.72. The molecule has 5 nitrogen and oxygen atoms in total. The molecule has 1 heterocycles. The Hall–Kier alpha value is -1.88. The van der Waals surface area contributed by atoms with E-state index in [1.54, 1.807) is 4.90 Å². The second-order valence-corrected chi connectivity index (χ2v) is 5.69. The standard InChI is InChI=1S/C16H22N2O3/c17-12-16(11-14(19)20)8-10-18(15(16)21)9-4-7-13-5-2-1-3-6-13/h1-3,5-6H,4,7-12,17H2,(H,19,20). The van der Waals surface area contributed by atoms with Crippen LogP contribution in [0.1, 0.15) is 24.8 Å². The first-order valence-corrected chi connectivity index (χ1v) is 7.32. The largest absolute Gasteiger partial charge is 0.481 e. The second-order valence-electron chi connectivity index (χ2n) is 5.69. The van der Waals surface area contributed by atoms with Crippen molar-refractivity contribution in [2.24, 2.45) is 11.1 Å². The number of aryl methyl sites for hydroxylation is 1. The molecule has 0 radical (unpaired) electrons. The molecule has 0 aromatic heterocycles. The fourth-order valence-electron chi connectivity index (χ4n) is 2.94. The fourth-order valence-corrected chi connectivity index (χ4v) is 2.94. The lowest BCUT2D eigenvalue weighted by Gasteiger charge is -2.24. The van der Waals surface area contributed by atoms with Gasteiger partial charge in [-0.05, 0) is 24.8 Å². The summed E-state index contributed by atoms with van der Waals surface area (Å²) in [7, 11) is 0. The number of rotatable bonds is 7. The molecule has 1 amide bonds. The molecule has 1 fully saturated rings. The average Bonchev–Trinajstić information content (AvgIpc) is 2.78. The van der Waals surface area contributed by atoms with Crippen LogP contribution in [0.5, 0.6) is 0 Å². The molecule has 1 aliphatic rings. The van der Waals surface area contributed by atoms with Gasteiger partial charge in [-0.3, -0.25) is 9.59 Å². The zero-order chi connectivity index (χ0) is 15.3. The number of carbonyl (C=O) groups is 2. The van der Waals surface area contributed by atoms with Crippen molar-refractivity contribution in [3.05, 3.63) is 35.9 Å². The molecule has 5 heteroatoms. The number of nitrogens with zero attached hydrogens (tertiary/aromatic N) is 1. The van der Waals surface area contributed by atoms with E-state index in [1.165, 1.54) is 5.56 Å². The van der Waals surface area contributed by atoms with E-state index < -0.39 is 11.4 Å². The predicted octanol–water partition coefficient (Wildman–Crippen LogP) is 1.27. The molecule has 0 spiro atoms. The number of nitrogens with two attached hydrogens (primary N) is 1. The van der Waals surface area contributed by atoms with E-state index >= 15 is 0 Å². The van der Waals surface area contributed by atoms with Crippen LogP contribution in [0.2, 0.25) is 0 Å². The first kappa shape index (κ1) is 15.5. The summed E-state index contributed by atoms with van der Waals surface area (Å²) >= 11 is 0. The number of hydrogen-bond donors (Lipinski definition) is 2. The van der Waals surface area contributed by atoms with Crippen molar-refractivity contribution < 1.29 is 14.7 Å². The van der Waals surface area contributed by atoms with Crippen molar-refractivity contribution in [2.75, 3.05) is 19.6 Å². The van der Waals surface area contributed by atoms with Gasteiger partial charge >= 0.3 is 5.97 Å². The summed E-state index contributed by atoms with van der Waals surface area (Å²) in [6.45, 7) is 1.38. The maximum absolute atomic E-state index is 12.4. The first-order chi connectivity index (χ1) is 10.1. The van der Waals surface area contributed by atoms with Crippen molar-refractivity contribution >= 4 is 11.9 Å². The third-order valence-corrected chi connectivity index (χ3v) is 4.22. The molecule has 1 aromatic rings. The number of carboxylic acid groups (broad SMARTS) is 1. The molecule has 1 saturated heterocycles. The number of carbonyl (C=O) groups excluding carboxylic acids is 1.